The molecule has 108 valence electrons. The van der Waals surface area contributed by atoms with Crippen molar-refractivity contribution in [3.05, 3.63) is 52.1 Å². The van der Waals surface area contributed by atoms with Gasteiger partial charge in [-0.1, -0.05) is 25.1 Å². The summed E-state index contributed by atoms with van der Waals surface area (Å²) in [7, 11) is 2.12. The Morgan fingerprint density at radius 2 is 2.05 bits per heavy atom. The molecule has 0 saturated heterocycles. The minimum absolute atomic E-state index is 0.831. The Kier molecular flexibility index (Phi) is 3.88. The molecule has 0 aliphatic rings. The number of fused-ring (bicyclic) bond motifs is 1. The minimum Gasteiger partial charge on any atom is -0.367 e. The summed E-state index contributed by atoms with van der Waals surface area (Å²) in [5.74, 6) is 0. The first-order valence-corrected chi connectivity index (χ1v) is 7.99. The van der Waals surface area contributed by atoms with Crippen molar-refractivity contribution in [3.8, 4) is 0 Å². The fourth-order valence-corrected chi connectivity index (χ4v) is 3.43. The lowest BCUT2D eigenvalue weighted by Gasteiger charge is -2.20. The highest BCUT2D eigenvalue weighted by atomic mass is 32.1. The highest BCUT2D eigenvalue weighted by Gasteiger charge is 2.10. The lowest BCUT2D eigenvalue weighted by Crippen LogP contribution is -2.16. The lowest BCUT2D eigenvalue weighted by molar-refractivity contribution is 0.913. The first-order chi connectivity index (χ1) is 10.2. The van der Waals surface area contributed by atoms with Gasteiger partial charge in [-0.2, -0.15) is 0 Å². The van der Waals surface area contributed by atoms with E-state index in [1.54, 1.807) is 11.3 Å². The van der Waals surface area contributed by atoms with Crippen LogP contribution in [0.15, 0.2) is 36.7 Å². The highest BCUT2D eigenvalue weighted by molar-refractivity contribution is 7.11. The number of rotatable bonds is 4. The molecule has 0 amide bonds. The predicted molar refractivity (Wildman–Crippen MR) is 90.1 cm³/mol. The van der Waals surface area contributed by atoms with Crippen molar-refractivity contribution in [2.75, 3.05) is 11.9 Å². The molecule has 0 spiro atoms. The van der Waals surface area contributed by atoms with E-state index in [1.807, 2.05) is 12.4 Å². The van der Waals surface area contributed by atoms with Gasteiger partial charge in [0.15, 0.2) is 0 Å². The fraction of sp³-hybridized carbons (Fsp3) is 0.294. The summed E-state index contributed by atoms with van der Waals surface area (Å²) >= 11 is 1.80. The van der Waals surface area contributed by atoms with Crippen molar-refractivity contribution >= 4 is 27.9 Å². The van der Waals surface area contributed by atoms with E-state index >= 15 is 0 Å². The maximum absolute atomic E-state index is 4.51. The van der Waals surface area contributed by atoms with Crippen LogP contribution in [0.1, 0.15) is 22.4 Å². The van der Waals surface area contributed by atoms with Crippen LogP contribution in [0.25, 0.3) is 10.9 Å². The number of hydrogen-bond donors (Lipinski definition) is 0. The Bertz CT molecular complexity index is 764. The molecule has 0 unspecified atom stereocenters. The molecule has 0 bridgehead atoms. The van der Waals surface area contributed by atoms with Crippen molar-refractivity contribution in [1.29, 1.82) is 0 Å². The van der Waals surface area contributed by atoms with Crippen LogP contribution < -0.4 is 4.90 Å². The van der Waals surface area contributed by atoms with Gasteiger partial charge in [0.25, 0.3) is 0 Å². The molecule has 21 heavy (non-hydrogen) atoms. The number of nitrogens with zero attached hydrogens (tertiary/aromatic N) is 3. The van der Waals surface area contributed by atoms with Crippen LogP contribution >= 0.6 is 11.3 Å². The molecule has 0 fully saturated rings. The van der Waals surface area contributed by atoms with Crippen LogP contribution in [-0.4, -0.2) is 17.0 Å². The molecule has 3 rings (SSSR count). The molecule has 0 saturated carbocycles. The van der Waals surface area contributed by atoms with Crippen molar-refractivity contribution in [3.63, 3.8) is 0 Å². The molecular weight excluding hydrogens is 278 g/mol. The second-order valence-electron chi connectivity index (χ2n) is 5.23. The smallest absolute Gasteiger partial charge is 0.112 e. The largest absolute Gasteiger partial charge is 0.367 e. The summed E-state index contributed by atoms with van der Waals surface area (Å²) < 4.78 is 0. The van der Waals surface area contributed by atoms with Crippen LogP contribution in [0.4, 0.5) is 5.69 Å². The number of aryl methyl sites for hydroxylation is 2. The quantitative estimate of drug-likeness (QED) is 0.722. The number of para-hydroxylation sites is 1. The van der Waals surface area contributed by atoms with E-state index in [1.165, 1.54) is 21.5 Å². The van der Waals surface area contributed by atoms with E-state index in [4.69, 9.17) is 0 Å². The zero-order valence-corrected chi connectivity index (χ0v) is 13.4. The Morgan fingerprint density at radius 1 is 1.19 bits per heavy atom. The van der Waals surface area contributed by atoms with Gasteiger partial charge in [-0.05, 0) is 25.0 Å². The van der Waals surface area contributed by atoms with E-state index in [9.17, 15) is 0 Å². The SMILES string of the molecule is CCc1cnc(CN(C)c2ccnc3c(C)cccc23)s1. The summed E-state index contributed by atoms with van der Waals surface area (Å²) in [6, 6.07) is 8.42. The third-order valence-corrected chi connectivity index (χ3v) is 4.81. The van der Waals surface area contributed by atoms with Gasteiger partial charge < -0.3 is 4.90 Å². The second kappa shape index (κ2) is 5.82. The van der Waals surface area contributed by atoms with Gasteiger partial charge in [0.1, 0.15) is 5.01 Å². The Labute approximate surface area is 129 Å². The van der Waals surface area contributed by atoms with Crippen molar-refractivity contribution in [2.24, 2.45) is 0 Å². The number of pyridine rings is 1. The first kappa shape index (κ1) is 14.0. The normalized spacial score (nSPS) is 11.0. The third-order valence-electron chi connectivity index (χ3n) is 3.68. The molecule has 1 aromatic carbocycles. The Balaban J connectivity index is 1.94. The highest BCUT2D eigenvalue weighted by Crippen LogP contribution is 2.28. The van der Waals surface area contributed by atoms with Gasteiger partial charge in [0.05, 0.1) is 12.1 Å². The van der Waals surface area contributed by atoms with Crippen LogP contribution in [-0.2, 0) is 13.0 Å². The van der Waals surface area contributed by atoms with Crippen LogP contribution in [0.2, 0.25) is 0 Å². The lowest BCUT2D eigenvalue weighted by atomic mass is 10.1. The van der Waals surface area contributed by atoms with E-state index in [0.29, 0.717) is 0 Å². The van der Waals surface area contributed by atoms with Crippen molar-refractivity contribution in [1.82, 2.24) is 9.97 Å². The molecule has 4 heteroatoms. The summed E-state index contributed by atoms with van der Waals surface area (Å²) in [6.07, 6.45) is 4.93. The zero-order valence-electron chi connectivity index (χ0n) is 12.6. The van der Waals surface area contributed by atoms with Gasteiger partial charge in [-0.25, -0.2) is 4.98 Å². The molecule has 2 aromatic heterocycles. The fourth-order valence-electron chi connectivity index (χ4n) is 2.51. The average Bonchev–Trinajstić information content (AvgIpc) is 2.95. The molecular formula is C17H19N3S. The number of anilines is 1. The van der Waals surface area contributed by atoms with Crippen molar-refractivity contribution < 1.29 is 0 Å². The topological polar surface area (TPSA) is 29.0 Å². The molecule has 0 atom stereocenters. The number of thiazole rings is 1. The Hall–Kier alpha value is -1.94. The molecule has 0 radical (unpaired) electrons. The predicted octanol–water partition coefficient (Wildman–Crippen LogP) is 4.20. The molecule has 0 aliphatic carbocycles. The van der Waals surface area contributed by atoms with Gasteiger partial charge >= 0.3 is 0 Å². The van der Waals surface area contributed by atoms with E-state index in [-0.39, 0.29) is 0 Å². The van der Waals surface area contributed by atoms with Gasteiger partial charge in [0.2, 0.25) is 0 Å². The summed E-state index contributed by atoms with van der Waals surface area (Å²) in [6.45, 7) is 5.10. The van der Waals surface area contributed by atoms with Gasteiger partial charge in [0, 0.05) is 35.4 Å². The number of benzene rings is 1. The molecule has 3 aromatic rings. The first-order valence-electron chi connectivity index (χ1n) is 7.18. The van der Waals surface area contributed by atoms with Crippen LogP contribution in [0.3, 0.4) is 0 Å². The molecule has 2 heterocycles. The minimum atomic E-state index is 0.831. The summed E-state index contributed by atoms with van der Waals surface area (Å²) in [4.78, 5) is 12.6. The van der Waals surface area contributed by atoms with E-state index in [2.05, 4.69) is 60.0 Å². The average molecular weight is 297 g/mol. The van der Waals surface area contributed by atoms with Crippen LogP contribution in [0, 0.1) is 6.92 Å². The maximum atomic E-state index is 4.51. The number of aromatic nitrogens is 2. The molecule has 0 N–H and O–H groups in total. The van der Waals surface area contributed by atoms with E-state index in [0.717, 1.165) is 23.5 Å². The zero-order chi connectivity index (χ0) is 14.8. The monoisotopic (exact) mass is 297 g/mol. The van der Waals surface area contributed by atoms with Gasteiger partial charge in [-0.3, -0.25) is 4.98 Å². The maximum Gasteiger partial charge on any atom is 0.112 e. The summed E-state index contributed by atoms with van der Waals surface area (Å²) in [5, 5.41) is 2.36. The third kappa shape index (κ3) is 2.76. The Morgan fingerprint density at radius 3 is 2.81 bits per heavy atom. The number of hydrogen-bond acceptors (Lipinski definition) is 4. The standard InChI is InChI=1S/C17H19N3S/c1-4-13-10-19-16(21-13)11-20(3)15-8-9-18-17-12(2)6-5-7-14(15)17/h5-10H,4,11H2,1-3H3. The summed E-state index contributed by atoms with van der Waals surface area (Å²) in [5.41, 5.74) is 3.50. The molecule has 3 nitrogen and oxygen atoms in total. The van der Waals surface area contributed by atoms with Gasteiger partial charge in [-0.15, -0.1) is 11.3 Å². The van der Waals surface area contributed by atoms with Crippen LogP contribution in [0.5, 0.6) is 0 Å². The van der Waals surface area contributed by atoms with E-state index < -0.39 is 0 Å². The van der Waals surface area contributed by atoms with Crippen molar-refractivity contribution in [2.45, 2.75) is 26.8 Å². The molecule has 0 aliphatic heterocycles. The second-order valence-corrected chi connectivity index (χ2v) is 6.43.